The van der Waals surface area contributed by atoms with Crippen molar-refractivity contribution in [2.75, 3.05) is 0 Å². The molecule has 2 N–H and O–H groups in total. The quantitative estimate of drug-likeness (QED) is 0.624. The average Bonchev–Trinajstić information content (AvgIpc) is 2.67. The Morgan fingerprint density at radius 2 is 2.29 bits per heavy atom. The number of benzene rings is 1. The van der Waals surface area contributed by atoms with Crippen molar-refractivity contribution in [2.45, 2.75) is 13.0 Å². The first kappa shape index (κ1) is 11.1. The van der Waals surface area contributed by atoms with E-state index < -0.39 is 10.8 Å². The Labute approximate surface area is 96.0 Å². The van der Waals surface area contributed by atoms with Gasteiger partial charge in [0.2, 0.25) is 5.91 Å². The van der Waals surface area contributed by atoms with E-state index in [1.165, 1.54) is 12.1 Å². The molecule has 7 heteroatoms. The van der Waals surface area contributed by atoms with Crippen molar-refractivity contribution >= 4 is 22.5 Å². The van der Waals surface area contributed by atoms with Crippen LogP contribution in [0.3, 0.4) is 0 Å². The highest BCUT2D eigenvalue weighted by Gasteiger charge is 2.08. The van der Waals surface area contributed by atoms with E-state index >= 15 is 0 Å². The van der Waals surface area contributed by atoms with Gasteiger partial charge in [0.15, 0.2) is 0 Å². The highest BCUT2D eigenvalue weighted by atomic mass is 16.6. The molecule has 0 unspecified atom stereocenters. The molecule has 88 valence electrons. The lowest BCUT2D eigenvalue weighted by Crippen LogP contribution is -2.14. The lowest BCUT2D eigenvalue weighted by atomic mass is 10.2. The molecule has 0 bridgehead atoms. The maximum Gasteiger partial charge on any atom is 0.270 e. The van der Waals surface area contributed by atoms with Crippen LogP contribution in [-0.4, -0.2) is 20.6 Å². The Kier molecular flexibility index (Phi) is 2.73. The highest BCUT2D eigenvalue weighted by Crippen LogP contribution is 2.19. The Balaban J connectivity index is 2.30. The van der Waals surface area contributed by atoms with Crippen molar-refractivity contribution in [1.29, 1.82) is 0 Å². The maximum absolute atomic E-state index is 10.6. The Hall–Kier alpha value is -2.44. The van der Waals surface area contributed by atoms with Crippen molar-refractivity contribution in [1.82, 2.24) is 9.78 Å². The normalized spacial score (nSPS) is 10.6. The topological polar surface area (TPSA) is 104 Å². The van der Waals surface area contributed by atoms with Gasteiger partial charge in [-0.05, 0) is 6.07 Å². The summed E-state index contributed by atoms with van der Waals surface area (Å²) in [5.74, 6) is -0.407. The predicted octanol–water partition coefficient (Wildman–Crippen LogP) is 0.820. The fourth-order valence-corrected chi connectivity index (χ4v) is 1.52. The molecule has 0 radical (unpaired) electrons. The average molecular weight is 234 g/mol. The number of non-ortho nitro benzene ring substituents is 1. The van der Waals surface area contributed by atoms with Crippen LogP contribution in [0.4, 0.5) is 5.69 Å². The second kappa shape index (κ2) is 4.20. The summed E-state index contributed by atoms with van der Waals surface area (Å²) in [4.78, 5) is 20.7. The SMILES string of the molecule is NC(=O)CCn1cc2cc([N+](=O)[O-])ccc2n1. The van der Waals surface area contributed by atoms with Crippen LogP contribution in [0.15, 0.2) is 24.4 Å². The Morgan fingerprint density at radius 3 is 2.94 bits per heavy atom. The number of aryl methyl sites for hydroxylation is 1. The summed E-state index contributed by atoms with van der Waals surface area (Å²) in [6, 6.07) is 4.42. The summed E-state index contributed by atoms with van der Waals surface area (Å²) in [5, 5.41) is 15.4. The maximum atomic E-state index is 10.6. The molecule has 1 amide bonds. The van der Waals surface area contributed by atoms with Gasteiger partial charge in [0.25, 0.3) is 5.69 Å². The molecule has 0 aliphatic heterocycles. The number of carbonyl (C=O) groups is 1. The van der Waals surface area contributed by atoms with E-state index in [9.17, 15) is 14.9 Å². The van der Waals surface area contributed by atoms with Crippen LogP contribution in [-0.2, 0) is 11.3 Å². The second-order valence-electron chi connectivity index (χ2n) is 3.61. The Morgan fingerprint density at radius 1 is 1.53 bits per heavy atom. The Bertz CT molecular complexity index is 590. The first-order valence-corrected chi connectivity index (χ1v) is 4.96. The lowest BCUT2D eigenvalue weighted by Gasteiger charge is -1.95. The van der Waals surface area contributed by atoms with Crippen LogP contribution in [0, 0.1) is 10.1 Å². The molecule has 0 fully saturated rings. The van der Waals surface area contributed by atoms with Crippen LogP contribution in [0.25, 0.3) is 10.9 Å². The van der Waals surface area contributed by atoms with Crippen LogP contribution >= 0.6 is 0 Å². The molecule has 1 aromatic heterocycles. The standard InChI is InChI=1S/C10H10N4O3/c11-10(15)3-4-13-6-7-5-8(14(16)17)1-2-9(7)12-13/h1-2,5-6H,3-4H2,(H2,11,15). The highest BCUT2D eigenvalue weighted by molar-refractivity contribution is 5.80. The number of nitrogens with zero attached hydrogens (tertiary/aromatic N) is 3. The summed E-state index contributed by atoms with van der Waals surface area (Å²) in [6.45, 7) is 0.373. The van der Waals surface area contributed by atoms with E-state index in [1.54, 1.807) is 16.9 Å². The van der Waals surface area contributed by atoms with E-state index in [-0.39, 0.29) is 12.1 Å². The molecule has 1 aromatic carbocycles. The van der Waals surface area contributed by atoms with Gasteiger partial charge in [-0.25, -0.2) is 0 Å². The number of nitro benzene ring substituents is 1. The van der Waals surface area contributed by atoms with Crippen LogP contribution in [0.5, 0.6) is 0 Å². The van der Waals surface area contributed by atoms with Gasteiger partial charge in [-0.1, -0.05) is 0 Å². The molecule has 0 atom stereocenters. The van der Waals surface area contributed by atoms with Gasteiger partial charge >= 0.3 is 0 Å². The van der Waals surface area contributed by atoms with Crippen LogP contribution < -0.4 is 5.73 Å². The zero-order chi connectivity index (χ0) is 12.4. The van der Waals surface area contributed by atoms with Gasteiger partial charge in [0.05, 0.1) is 10.4 Å². The summed E-state index contributed by atoms with van der Waals surface area (Å²) in [5.41, 5.74) is 5.70. The number of primary amides is 1. The van der Waals surface area contributed by atoms with E-state index in [1.807, 2.05) is 0 Å². The molecular formula is C10H10N4O3. The van der Waals surface area contributed by atoms with Crippen LogP contribution in [0.1, 0.15) is 6.42 Å². The molecule has 2 aromatic rings. The fraction of sp³-hybridized carbons (Fsp3) is 0.200. The number of carbonyl (C=O) groups excluding carboxylic acids is 1. The molecular weight excluding hydrogens is 224 g/mol. The molecule has 0 saturated carbocycles. The summed E-state index contributed by atoms with van der Waals surface area (Å²) >= 11 is 0. The monoisotopic (exact) mass is 234 g/mol. The number of nitro groups is 1. The van der Waals surface area contributed by atoms with E-state index in [0.29, 0.717) is 17.4 Å². The van der Waals surface area contributed by atoms with Crippen molar-refractivity contribution in [3.8, 4) is 0 Å². The number of amides is 1. The first-order chi connectivity index (χ1) is 8.06. The molecule has 0 aliphatic carbocycles. The minimum atomic E-state index is -0.458. The van der Waals surface area contributed by atoms with E-state index in [4.69, 9.17) is 5.73 Å². The minimum absolute atomic E-state index is 0.0203. The van der Waals surface area contributed by atoms with Gasteiger partial charge < -0.3 is 5.73 Å². The summed E-state index contributed by atoms with van der Waals surface area (Å²) in [6.07, 6.45) is 1.85. The van der Waals surface area contributed by atoms with Gasteiger partial charge in [-0.2, -0.15) is 5.10 Å². The van der Waals surface area contributed by atoms with Crippen molar-refractivity contribution in [2.24, 2.45) is 5.73 Å². The fourth-order valence-electron chi connectivity index (χ4n) is 1.52. The van der Waals surface area contributed by atoms with Crippen molar-refractivity contribution in [3.63, 3.8) is 0 Å². The molecule has 0 spiro atoms. The van der Waals surface area contributed by atoms with E-state index in [0.717, 1.165) is 0 Å². The summed E-state index contributed by atoms with van der Waals surface area (Å²) in [7, 11) is 0. The third-order valence-corrected chi connectivity index (χ3v) is 2.33. The third kappa shape index (κ3) is 2.39. The summed E-state index contributed by atoms with van der Waals surface area (Å²) < 4.78 is 1.55. The molecule has 0 saturated heterocycles. The number of fused-ring (bicyclic) bond motifs is 1. The number of aromatic nitrogens is 2. The van der Waals surface area contributed by atoms with Gasteiger partial charge in [0, 0.05) is 36.7 Å². The largest absolute Gasteiger partial charge is 0.370 e. The predicted molar refractivity (Wildman–Crippen MR) is 60.2 cm³/mol. The first-order valence-electron chi connectivity index (χ1n) is 4.96. The van der Waals surface area contributed by atoms with Gasteiger partial charge in [0.1, 0.15) is 0 Å². The molecule has 0 aliphatic rings. The number of hydrogen-bond acceptors (Lipinski definition) is 4. The van der Waals surface area contributed by atoms with E-state index in [2.05, 4.69) is 5.10 Å². The minimum Gasteiger partial charge on any atom is -0.370 e. The number of hydrogen-bond donors (Lipinski definition) is 1. The second-order valence-corrected chi connectivity index (χ2v) is 3.61. The number of rotatable bonds is 4. The lowest BCUT2D eigenvalue weighted by molar-refractivity contribution is -0.384. The molecule has 17 heavy (non-hydrogen) atoms. The van der Waals surface area contributed by atoms with Gasteiger partial charge in [-0.3, -0.25) is 19.6 Å². The zero-order valence-corrected chi connectivity index (χ0v) is 8.87. The molecule has 2 rings (SSSR count). The van der Waals surface area contributed by atoms with Crippen molar-refractivity contribution in [3.05, 3.63) is 34.5 Å². The molecule has 7 nitrogen and oxygen atoms in total. The zero-order valence-electron chi connectivity index (χ0n) is 8.87. The molecule has 1 heterocycles. The van der Waals surface area contributed by atoms with Crippen molar-refractivity contribution < 1.29 is 9.72 Å². The number of nitrogens with two attached hydrogens (primary N) is 1. The van der Waals surface area contributed by atoms with Crippen LogP contribution in [0.2, 0.25) is 0 Å². The van der Waals surface area contributed by atoms with Gasteiger partial charge in [-0.15, -0.1) is 0 Å². The smallest absolute Gasteiger partial charge is 0.270 e. The third-order valence-electron chi connectivity index (χ3n) is 2.33.